The van der Waals surface area contributed by atoms with Gasteiger partial charge in [-0.15, -0.1) is 0 Å². The smallest absolute Gasteiger partial charge is 0.308 e. The number of hydrogen-bond acceptors (Lipinski definition) is 6. The minimum Gasteiger partial charge on any atom is -0.496 e. The number of likely N-dealkylation sites (tertiary alicyclic amines) is 1. The van der Waals surface area contributed by atoms with Crippen LogP contribution >= 0.6 is 0 Å². The normalized spacial score (nSPS) is 19.5. The lowest BCUT2D eigenvalue weighted by Crippen LogP contribution is -2.41. The number of methoxy groups -OCH3 is 2. The summed E-state index contributed by atoms with van der Waals surface area (Å²) in [5, 5.41) is 0. The van der Waals surface area contributed by atoms with Crippen molar-refractivity contribution >= 4 is 21.9 Å². The second-order valence-electron chi connectivity index (χ2n) is 8.04. The molecule has 0 atom stereocenters. The minimum atomic E-state index is -3.67. The van der Waals surface area contributed by atoms with Crippen LogP contribution in [0.25, 0.3) is 0 Å². The van der Waals surface area contributed by atoms with Crippen LogP contribution < -0.4 is 4.74 Å². The quantitative estimate of drug-likeness (QED) is 0.654. The summed E-state index contributed by atoms with van der Waals surface area (Å²) in [5.74, 6) is 0.0796. The van der Waals surface area contributed by atoms with Gasteiger partial charge in [0.15, 0.2) is 0 Å². The molecule has 0 aromatic heterocycles. The Hall–Kier alpha value is -2.13. The average Bonchev–Trinajstić information content (AvgIpc) is 2.78. The lowest BCUT2D eigenvalue weighted by atomic mass is 9.96. The number of benzene rings is 1. The fourth-order valence-corrected chi connectivity index (χ4v) is 5.54. The largest absolute Gasteiger partial charge is 0.496 e. The molecule has 30 heavy (non-hydrogen) atoms. The van der Waals surface area contributed by atoms with E-state index in [0.29, 0.717) is 50.7 Å². The highest BCUT2D eigenvalue weighted by molar-refractivity contribution is 7.89. The van der Waals surface area contributed by atoms with Crippen molar-refractivity contribution in [3.63, 3.8) is 0 Å². The molecule has 1 amide bonds. The van der Waals surface area contributed by atoms with Crippen LogP contribution in [0.4, 0.5) is 0 Å². The SMILES string of the molecule is COC(=O)C1CCN(C(=O)c2cc(S(=O)(=O)N3CCC(C)CC3)ccc2OC)CC1. The minimum absolute atomic E-state index is 0.102. The zero-order valence-corrected chi connectivity index (χ0v) is 18.6. The number of hydrogen-bond donors (Lipinski definition) is 0. The van der Waals surface area contributed by atoms with E-state index in [9.17, 15) is 18.0 Å². The van der Waals surface area contributed by atoms with Crippen LogP contribution in [0, 0.1) is 11.8 Å². The lowest BCUT2D eigenvalue weighted by molar-refractivity contribution is -0.146. The van der Waals surface area contributed by atoms with E-state index in [1.807, 2.05) is 0 Å². The molecule has 2 heterocycles. The van der Waals surface area contributed by atoms with Crippen molar-refractivity contribution in [2.45, 2.75) is 37.5 Å². The molecule has 1 aromatic carbocycles. The Morgan fingerprint density at radius 1 is 1.00 bits per heavy atom. The number of carbonyl (C=O) groups excluding carboxylic acids is 2. The molecule has 0 aliphatic carbocycles. The first-order valence-electron chi connectivity index (χ1n) is 10.3. The van der Waals surface area contributed by atoms with Crippen molar-refractivity contribution < 1.29 is 27.5 Å². The molecule has 0 saturated carbocycles. The lowest BCUT2D eigenvalue weighted by Gasteiger charge is -2.31. The van der Waals surface area contributed by atoms with Crippen molar-refractivity contribution in [3.8, 4) is 5.75 Å². The molecule has 9 heteroatoms. The summed E-state index contributed by atoms with van der Waals surface area (Å²) in [6, 6.07) is 4.45. The Morgan fingerprint density at radius 3 is 2.20 bits per heavy atom. The number of piperidine rings is 2. The molecule has 0 N–H and O–H groups in total. The van der Waals surface area contributed by atoms with Gasteiger partial charge >= 0.3 is 5.97 Å². The van der Waals surface area contributed by atoms with Crippen LogP contribution in [0.15, 0.2) is 23.1 Å². The molecule has 166 valence electrons. The third kappa shape index (κ3) is 4.62. The number of esters is 1. The number of carbonyl (C=O) groups is 2. The number of ether oxygens (including phenoxy) is 2. The molecule has 8 nitrogen and oxygen atoms in total. The first-order valence-corrected chi connectivity index (χ1v) is 11.8. The zero-order chi connectivity index (χ0) is 21.9. The van der Waals surface area contributed by atoms with Crippen molar-refractivity contribution in [2.24, 2.45) is 11.8 Å². The molecule has 0 unspecified atom stereocenters. The van der Waals surface area contributed by atoms with E-state index in [0.717, 1.165) is 12.8 Å². The van der Waals surface area contributed by atoms with E-state index in [2.05, 4.69) is 6.92 Å². The van der Waals surface area contributed by atoms with Crippen LogP contribution in [0.3, 0.4) is 0 Å². The fourth-order valence-electron chi connectivity index (χ4n) is 4.04. The summed E-state index contributed by atoms with van der Waals surface area (Å²) in [7, 11) is -0.860. The van der Waals surface area contributed by atoms with Crippen LogP contribution in [-0.2, 0) is 19.6 Å². The molecule has 2 saturated heterocycles. The third-order valence-corrected chi connectivity index (χ3v) is 7.99. The van der Waals surface area contributed by atoms with Gasteiger partial charge in [0, 0.05) is 26.2 Å². The molecule has 1 aromatic rings. The summed E-state index contributed by atoms with van der Waals surface area (Å²) in [5.41, 5.74) is 0.223. The molecule has 0 bridgehead atoms. The standard InChI is InChI=1S/C21H30N2O6S/c1-15-6-12-23(13-7-15)30(26,27)17-4-5-19(28-2)18(14-17)20(24)22-10-8-16(9-11-22)21(25)29-3/h4-5,14-16H,6-13H2,1-3H3. The van der Waals surface area contributed by atoms with Crippen LogP contribution in [-0.4, -0.2) is 69.9 Å². The topological polar surface area (TPSA) is 93.2 Å². The second kappa shape index (κ2) is 9.34. The fraction of sp³-hybridized carbons (Fsp3) is 0.619. The number of rotatable bonds is 5. The first kappa shape index (κ1) is 22.6. The van der Waals surface area contributed by atoms with Gasteiger partial charge in [-0.3, -0.25) is 9.59 Å². The Morgan fingerprint density at radius 2 is 1.63 bits per heavy atom. The van der Waals surface area contributed by atoms with Gasteiger partial charge in [0.05, 0.1) is 30.6 Å². The number of sulfonamides is 1. The van der Waals surface area contributed by atoms with Gasteiger partial charge in [-0.25, -0.2) is 8.42 Å². The van der Waals surface area contributed by atoms with Crippen molar-refractivity contribution in [2.75, 3.05) is 40.4 Å². The summed E-state index contributed by atoms with van der Waals surface area (Å²) in [6.45, 7) is 3.91. The second-order valence-corrected chi connectivity index (χ2v) is 9.98. The summed E-state index contributed by atoms with van der Waals surface area (Å²) < 4.78 is 37.8. The number of nitrogens with zero attached hydrogens (tertiary/aromatic N) is 2. The summed E-state index contributed by atoms with van der Waals surface area (Å²) in [4.78, 5) is 26.6. The molecular formula is C21H30N2O6S. The van der Waals surface area contributed by atoms with Gasteiger partial charge < -0.3 is 14.4 Å². The number of amides is 1. The van der Waals surface area contributed by atoms with E-state index in [4.69, 9.17) is 9.47 Å². The maximum Gasteiger partial charge on any atom is 0.308 e. The van der Waals surface area contributed by atoms with Crippen molar-refractivity contribution in [1.82, 2.24) is 9.21 Å². The predicted octanol–water partition coefficient (Wildman–Crippen LogP) is 2.14. The van der Waals surface area contributed by atoms with E-state index in [1.54, 1.807) is 4.90 Å². The predicted molar refractivity (Wildman–Crippen MR) is 111 cm³/mol. The Kier molecular flexibility index (Phi) is 7.02. The molecule has 2 aliphatic rings. The highest BCUT2D eigenvalue weighted by Crippen LogP contribution is 2.29. The van der Waals surface area contributed by atoms with Gasteiger partial charge in [-0.1, -0.05) is 6.92 Å². The van der Waals surface area contributed by atoms with Gasteiger partial charge in [-0.2, -0.15) is 4.31 Å². The Bertz CT molecular complexity index is 885. The maximum atomic E-state index is 13.1. The van der Waals surface area contributed by atoms with Crippen LogP contribution in [0.2, 0.25) is 0 Å². The maximum absolute atomic E-state index is 13.1. The monoisotopic (exact) mass is 438 g/mol. The van der Waals surface area contributed by atoms with E-state index >= 15 is 0 Å². The summed E-state index contributed by atoms with van der Waals surface area (Å²) >= 11 is 0. The van der Waals surface area contributed by atoms with Crippen molar-refractivity contribution in [1.29, 1.82) is 0 Å². The first-order chi connectivity index (χ1) is 14.3. The Labute approximate surface area is 178 Å². The average molecular weight is 439 g/mol. The highest BCUT2D eigenvalue weighted by Gasteiger charge is 2.32. The zero-order valence-electron chi connectivity index (χ0n) is 17.8. The van der Waals surface area contributed by atoms with Gasteiger partial charge in [0.2, 0.25) is 10.0 Å². The molecule has 3 rings (SSSR count). The summed E-state index contributed by atoms with van der Waals surface area (Å²) in [6.07, 6.45) is 2.70. The van der Waals surface area contributed by atoms with Gasteiger partial charge in [0.1, 0.15) is 5.75 Å². The molecule has 2 aliphatic heterocycles. The molecular weight excluding hydrogens is 408 g/mol. The molecule has 0 radical (unpaired) electrons. The van der Waals surface area contributed by atoms with E-state index in [1.165, 1.54) is 36.7 Å². The highest BCUT2D eigenvalue weighted by atomic mass is 32.2. The van der Waals surface area contributed by atoms with Crippen molar-refractivity contribution in [3.05, 3.63) is 23.8 Å². The molecule has 2 fully saturated rings. The van der Waals surface area contributed by atoms with Gasteiger partial charge in [-0.05, 0) is 49.8 Å². The van der Waals surface area contributed by atoms with E-state index in [-0.39, 0.29) is 28.3 Å². The van der Waals surface area contributed by atoms with E-state index < -0.39 is 10.0 Å². The Balaban J connectivity index is 1.81. The third-order valence-electron chi connectivity index (χ3n) is 6.10. The van der Waals surface area contributed by atoms with Gasteiger partial charge in [0.25, 0.3) is 5.91 Å². The van der Waals surface area contributed by atoms with Crippen LogP contribution in [0.1, 0.15) is 43.0 Å². The van der Waals surface area contributed by atoms with Crippen LogP contribution in [0.5, 0.6) is 5.75 Å². The molecule has 0 spiro atoms.